The normalized spacial score (nSPS) is 16.6. The summed E-state index contributed by atoms with van der Waals surface area (Å²) >= 11 is 0.821. The number of para-hydroxylation sites is 1. The standard InChI is InChI=1S/C22H24N2O6S2/c25-20(31-14-15-32(29,30)24-13-7-12-19(24)22(27)28)16-23(18-10-5-2-6-11-18)21(26)17-8-3-1-4-9-17/h1-6,8-11,19H,7,12-16H2,(H,27,28)/t19-/m0/s1. The van der Waals surface area contributed by atoms with E-state index in [1.54, 1.807) is 60.7 Å². The van der Waals surface area contributed by atoms with Gasteiger partial charge < -0.3 is 10.0 Å². The maximum absolute atomic E-state index is 13.0. The fraction of sp³-hybridized carbons (Fsp3) is 0.318. The third-order valence-corrected chi connectivity index (χ3v) is 8.06. The smallest absolute Gasteiger partial charge is 0.322 e. The van der Waals surface area contributed by atoms with Crippen molar-refractivity contribution >= 4 is 44.5 Å². The van der Waals surface area contributed by atoms with E-state index in [2.05, 4.69) is 0 Å². The number of benzene rings is 2. The lowest BCUT2D eigenvalue weighted by Crippen LogP contribution is -2.42. The average Bonchev–Trinajstić information content (AvgIpc) is 3.30. The number of amides is 1. The van der Waals surface area contributed by atoms with Gasteiger partial charge in [0.25, 0.3) is 5.91 Å². The Balaban J connectivity index is 1.63. The monoisotopic (exact) mass is 476 g/mol. The molecule has 2 aromatic carbocycles. The van der Waals surface area contributed by atoms with Crippen molar-refractivity contribution in [2.24, 2.45) is 0 Å². The largest absolute Gasteiger partial charge is 0.480 e. The molecule has 0 radical (unpaired) electrons. The van der Waals surface area contributed by atoms with Crippen LogP contribution in [0.5, 0.6) is 0 Å². The molecule has 0 saturated carbocycles. The number of rotatable bonds is 9. The van der Waals surface area contributed by atoms with Crippen molar-refractivity contribution in [3.8, 4) is 0 Å². The molecule has 0 aromatic heterocycles. The first-order valence-corrected chi connectivity index (χ1v) is 12.7. The van der Waals surface area contributed by atoms with E-state index in [0.29, 0.717) is 17.7 Å². The van der Waals surface area contributed by atoms with Crippen LogP contribution in [0.25, 0.3) is 0 Å². The van der Waals surface area contributed by atoms with Crippen LogP contribution >= 0.6 is 11.8 Å². The van der Waals surface area contributed by atoms with E-state index in [9.17, 15) is 27.9 Å². The molecule has 1 atom stereocenters. The number of carboxylic acid groups (broad SMARTS) is 1. The first-order chi connectivity index (χ1) is 15.3. The van der Waals surface area contributed by atoms with Gasteiger partial charge in [-0.15, -0.1) is 0 Å². The Morgan fingerprint density at radius 1 is 1.03 bits per heavy atom. The fourth-order valence-corrected chi connectivity index (χ4v) is 6.35. The molecular formula is C22H24N2O6S2. The lowest BCUT2D eigenvalue weighted by Gasteiger charge is -2.22. The molecule has 3 rings (SSSR count). The van der Waals surface area contributed by atoms with Gasteiger partial charge in [-0.1, -0.05) is 48.2 Å². The summed E-state index contributed by atoms with van der Waals surface area (Å²) in [5.74, 6) is -1.86. The van der Waals surface area contributed by atoms with Gasteiger partial charge in [-0.05, 0) is 37.1 Å². The van der Waals surface area contributed by atoms with E-state index in [0.717, 1.165) is 16.1 Å². The van der Waals surface area contributed by atoms with Crippen LogP contribution in [0.3, 0.4) is 0 Å². The van der Waals surface area contributed by atoms with E-state index < -0.39 is 22.0 Å². The molecule has 1 aliphatic heterocycles. The first kappa shape index (κ1) is 24.0. The molecule has 10 heteroatoms. The van der Waals surface area contributed by atoms with Gasteiger partial charge in [0, 0.05) is 23.5 Å². The highest BCUT2D eigenvalue weighted by Gasteiger charge is 2.38. The minimum absolute atomic E-state index is 0.0217. The van der Waals surface area contributed by atoms with E-state index >= 15 is 0 Å². The minimum Gasteiger partial charge on any atom is -0.480 e. The SMILES string of the molecule is O=C(CN(C(=O)c1ccccc1)c1ccccc1)SCCS(=O)(=O)N1CCC[C@H]1C(=O)O. The number of sulfonamides is 1. The van der Waals surface area contributed by atoms with Crippen LogP contribution in [0, 0.1) is 0 Å². The summed E-state index contributed by atoms with van der Waals surface area (Å²) in [4.78, 5) is 38.2. The maximum Gasteiger partial charge on any atom is 0.322 e. The average molecular weight is 477 g/mol. The molecule has 0 aliphatic carbocycles. The topological polar surface area (TPSA) is 112 Å². The summed E-state index contributed by atoms with van der Waals surface area (Å²) in [5.41, 5.74) is 0.995. The van der Waals surface area contributed by atoms with Crippen molar-refractivity contribution in [1.82, 2.24) is 4.31 Å². The van der Waals surface area contributed by atoms with Gasteiger partial charge >= 0.3 is 5.97 Å². The van der Waals surface area contributed by atoms with Crippen molar-refractivity contribution in [2.75, 3.05) is 29.5 Å². The molecule has 8 nitrogen and oxygen atoms in total. The second kappa shape index (κ2) is 10.8. The number of hydrogen-bond donors (Lipinski definition) is 1. The molecule has 1 amide bonds. The van der Waals surface area contributed by atoms with Crippen LogP contribution in [-0.2, 0) is 19.6 Å². The van der Waals surface area contributed by atoms with Gasteiger partial charge in [0.2, 0.25) is 15.1 Å². The molecule has 170 valence electrons. The molecular weight excluding hydrogens is 452 g/mol. The molecule has 1 aliphatic rings. The summed E-state index contributed by atoms with van der Waals surface area (Å²) in [7, 11) is -3.79. The maximum atomic E-state index is 13.0. The lowest BCUT2D eigenvalue weighted by atomic mass is 10.2. The summed E-state index contributed by atoms with van der Waals surface area (Å²) in [6.07, 6.45) is 0.782. The molecule has 1 N–H and O–H groups in total. The zero-order valence-electron chi connectivity index (χ0n) is 17.3. The summed E-state index contributed by atoms with van der Waals surface area (Å²) < 4.78 is 26.1. The second-order valence-corrected chi connectivity index (χ2v) is 10.4. The molecule has 1 saturated heterocycles. The van der Waals surface area contributed by atoms with Crippen LogP contribution in [0.2, 0.25) is 0 Å². The van der Waals surface area contributed by atoms with Gasteiger partial charge in [-0.25, -0.2) is 8.42 Å². The van der Waals surface area contributed by atoms with Crippen LogP contribution in [0.4, 0.5) is 5.69 Å². The number of anilines is 1. The van der Waals surface area contributed by atoms with E-state index in [4.69, 9.17) is 0 Å². The zero-order chi connectivity index (χ0) is 23.1. The number of carboxylic acids is 1. The Kier molecular flexibility index (Phi) is 8.05. The number of nitrogens with zero attached hydrogens (tertiary/aromatic N) is 2. The zero-order valence-corrected chi connectivity index (χ0v) is 18.9. The highest BCUT2D eigenvalue weighted by atomic mass is 32.2. The Hall–Kier alpha value is -2.69. The van der Waals surface area contributed by atoms with Crippen molar-refractivity contribution in [3.05, 3.63) is 66.2 Å². The second-order valence-electron chi connectivity index (χ2n) is 7.24. The molecule has 32 heavy (non-hydrogen) atoms. The van der Waals surface area contributed by atoms with Crippen LogP contribution in [0.1, 0.15) is 23.2 Å². The number of aliphatic carboxylic acids is 1. The predicted octanol–water partition coefficient (Wildman–Crippen LogP) is 2.47. The van der Waals surface area contributed by atoms with Crippen molar-refractivity contribution in [1.29, 1.82) is 0 Å². The Labute approximate surface area is 191 Å². The van der Waals surface area contributed by atoms with Crippen LogP contribution in [0.15, 0.2) is 60.7 Å². The predicted molar refractivity (Wildman–Crippen MR) is 123 cm³/mol. The van der Waals surface area contributed by atoms with Crippen molar-refractivity contribution in [2.45, 2.75) is 18.9 Å². The van der Waals surface area contributed by atoms with Gasteiger partial charge in [0.15, 0.2) is 0 Å². The lowest BCUT2D eigenvalue weighted by molar-refractivity contribution is -0.140. The third-order valence-electron chi connectivity index (χ3n) is 5.07. The summed E-state index contributed by atoms with van der Waals surface area (Å²) in [6.45, 7) is -0.0464. The molecule has 0 unspecified atom stereocenters. The van der Waals surface area contributed by atoms with Crippen molar-refractivity contribution in [3.63, 3.8) is 0 Å². The number of carbonyl (C=O) groups is 3. The first-order valence-electron chi connectivity index (χ1n) is 10.1. The summed E-state index contributed by atoms with van der Waals surface area (Å²) in [6, 6.07) is 16.3. The van der Waals surface area contributed by atoms with Gasteiger partial charge in [0.1, 0.15) is 6.04 Å². The highest BCUT2D eigenvalue weighted by molar-refractivity contribution is 8.14. The third kappa shape index (κ3) is 5.96. The van der Waals surface area contributed by atoms with E-state index in [1.807, 2.05) is 0 Å². The fourth-order valence-electron chi connectivity index (χ4n) is 3.50. The van der Waals surface area contributed by atoms with Gasteiger partial charge in [-0.3, -0.25) is 14.4 Å². The number of carbonyl (C=O) groups excluding carboxylic acids is 2. The number of thioether (sulfide) groups is 1. The van der Waals surface area contributed by atoms with E-state index in [-0.39, 0.29) is 42.0 Å². The Morgan fingerprint density at radius 3 is 2.28 bits per heavy atom. The van der Waals surface area contributed by atoms with E-state index in [1.165, 1.54) is 4.90 Å². The van der Waals surface area contributed by atoms with Gasteiger partial charge in [-0.2, -0.15) is 4.31 Å². The van der Waals surface area contributed by atoms with Crippen LogP contribution < -0.4 is 4.90 Å². The van der Waals surface area contributed by atoms with Gasteiger partial charge in [0.05, 0.1) is 12.3 Å². The molecule has 0 bridgehead atoms. The molecule has 1 heterocycles. The molecule has 2 aromatic rings. The quantitative estimate of drug-likeness (QED) is 0.592. The molecule has 0 spiro atoms. The van der Waals surface area contributed by atoms with Crippen LogP contribution in [-0.4, -0.2) is 65.5 Å². The molecule has 1 fully saturated rings. The van der Waals surface area contributed by atoms with Crippen molar-refractivity contribution < 1.29 is 27.9 Å². The summed E-state index contributed by atoms with van der Waals surface area (Å²) in [5, 5.41) is 8.85. The number of hydrogen-bond acceptors (Lipinski definition) is 6. The highest BCUT2D eigenvalue weighted by Crippen LogP contribution is 2.23. The minimum atomic E-state index is -3.79. The Morgan fingerprint density at radius 2 is 1.66 bits per heavy atom. The Bertz CT molecular complexity index is 1060.